The lowest BCUT2D eigenvalue weighted by molar-refractivity contribution is -0.137. The number of primary amides is 8. The summed E-state index contributed by atoms with van der Waals surface area (Å²) in [6.45, 7) is 13.6. The molecule has 0 spiro atoms. The second-order valence-corrected chi connectivity index (χ2v) is 33.0. The smallest absolute Gasteiger partial charge is 0.416 e. The number of nitrogens with two attached hydrogens (primary N) is 8. The van der Waals surface area contributed by atoms with E-state index < -0.39 is 23.2 Å². The molecule has 0 aromatic heterocycles. The number of hydrogen-bond donors (Lipinski definition) is 8. The third-order valence-corrected chi connectivity index (χ3v) is 21.8. The lowest BCUT2D eigenvalue weighted by Gasteiger charge is -2.25. The largest absolute Gasteiger partial charge is 0.497 e. The molecule has 12 rings (SSSR count). The van der Waals surface area contributed by atoms with Gasteiger partial charge in [0.1, 0.15) is 46.1 Å². The van der Waals surface area contributed by atoms with E-state index in [1.165, 1.54) is 66.9 Å². The quantitative estimate of drug-likeness (QED) is 0.0175. The molecule has 8 amide bonds. The number of carbonyl (C=O) groups is 8. The Kier molecular flexibility index (Phi) is 44.9. The van der Waals surface area contributed by atoms with Crippen LogP contribution in [0.5, 0.6) is 23.0 Å². The predicted octanol–water partition coefficient (Wildman–Crippen LogP) is 21.4. The Morgan fingerprint density at radius 3 is 0.977 bits per heavy atom. The fraction of sp³-hybridized carbons (Fsp3) is 0.347. The van der Waals surface area contributed by atoms with E-state index >= 15 is 0 Å². The second kappa shape index (κ2) is 54.1. The normalized spacial score (nSPS) is 13.5. The average molecular weight is 1810 g/mol. The number of alkyl halides is 3. The molecule has 0 heterocycles. The van der Waals surface area contributed by atoms with Gasteiger partial charge in [-0.05, 0) is 290 Å². The van der Waals surface area contributed by atoms with Crippen molar-refractivity contribution in [3.05, 3.63) is 309 Å². The lowest BCUT2D eigenvalue weighted by atomic mass is 9.91. The van der Waals surface area contributed by atoms with Gasteiger partial charge in [0, 0.05) is 55.0 Å². The third-order valence-electron chi connectivity index (χ3n) is 21.3. The molecule has 7 atom stereocenters. The number of benzene rings is 10. The summed E-state index contributed by atoms with van der Waals surface area (Å²) in [5, 5.41) is 3.72. The molecular formula is C101H120Cl2F6N8O11. The van der Waals surface area contributed by atoms with Gasteiger partial charge in [0.2, 0.25) is 47.3 Å². The molecule has 2 aliphatic rings. The summed E-state index contributed by atoms with van der Waals surface area (Å²) in [6.07, 6.45) is 6.31. The molecule has 10 aromatic rings. The minimum Gasteiger partial charge on any atom is -0.497 e. The van der Waals surface area contributed by atoms with Gasteiger partial charge in [-0.2, -0.15) is 13.2 Å². The number of methoxy groups -OCH3 is 1. The second-order valence-electron chi connectivity index (χ2n) is 32.1. The van der Waals surface area contributed by atoms with Crippen molar-refractivity contribution >= 4 is 81.2 Å². The Labute approximate surface area is 756 Å². The molecule has 2 aliphatic carbocycles. The maximum absolute atomic E-state index is 12.8. The molecule has 0 saturated heterocycles. The minimum atomic E-state index is -4.33. The van der Waals surface area contributed by atoms with Crippen molar-refractivity contribution < 1.29 is 78.9 Å². The number of halogens is 8. The van der Waals surface area contributed by atoms with E-state index in [1.54, 1.807) is 43.5 Å². The monoisotopic (exact) mass is 1800 g/mol. The highest BCUT2D eigenvalue weighted by molar-refractivity contribution is 6.30. The van der Waals surface area contributed by atoms with E-state index in [0.29, 0.717) is 84.8 Å². The van der Waals surface area contributed by atoms with Crippen molar-refractivity contribution in [3.63, 3.8) is 0 Å². The molecule has 16 N–H and O–H groups in total. The van der Waals surface area contributed by atoms with E-state index in [1.807, 2.05) is 181 Å². The molecule has 128 heavy (non-hydrogen) atoms. The number of rotatable bonds is 34. The first-order chi connectivity index (χ1) is 60.6. The SMILES string of the molecule is CC(C)(CC(N)=O)Oc1ccc2ccccc2c1.CC(CC(N)=O)c1ccc(Oc2ccc(F)cc2)cc1.CCC(CC(N)=O)c1ccc(C(F)(F)F)cc1.CCC(CC(N)=O)c1ccc(Cl)cc1.CCC(CC(N)=O)c1ccc(F)cc1.CCC(CC(N)=O)c1ccc(OC)cc1.NC(=O)CC(c1ccc(Cl)cc1)C1CC1.NC(=O)CC(c1ccc(F)cc1)C1CC1. The van der Waals surface area contributed by atoms with Crippen LogP contribution in [0.25, 0.3) is 10.8 Å². The van der Waals surface area contributed by atoms with Crippen molar-refractivity contribution in [2.45, 2.75) is 204 Å². The summed E-state index contributed by atoms with van der Waals surface area (Å²) in [4.78, 5) is 87.0. The highest BCUT2D eigenvalue weighted by Crippen LogP contribution is 2.46. The topological polar surface area (TPSA) is 372 Å². The van der Waals surface area contributed by atoms with Gasteiger partial charge in [0.05, 0.1) is 19.1 Å². The Bertz CT molecular complexity index is 4950. The number of hydrogen-bond acceptors (Lipinski definition) is 11. The highest BCUT2D eigenvalue weighted by Gasteiger charge is 2.35. The molecule has 10 aromatic carbocycles. The van der Waals surface area contributed by atoms with Gasteiger partial charge in [-0.3, -0.25) is 38.4 Å². The Hall–Kier alpha value is -12.2. The highest BCUT2D eigenvalue weighted by atomic mass is 35.5. The van der Waals surface area contributed by atoms with Crippen LogP contribution in [0, 0.1) is 29.3 Å². The van der Waals surface area contributed by atoms with E-state index in [2.05, 4.69) is 6.92 Å². The standard InChI is InChI=1S/C16H16FNO2.C15H17NO2.C12H14ClNO.C12H14F3NO.C12H14FNO.C12H17NO2.C11H14ClNO.C11H14FNO/c1-11(10-16(18)19)12-2-6-14(7-3-12)20-15-8-4-13(17)5-9-15;1-15(2,10-14(16)17)18-13-8-7-11-5-3-4-6-12(11)9-13;13-10-5-3-9(4-6-10)11(7-12(14)15)8-1-2-8;1-2-8(7-11(16)17)9-3-5-10(6-4-9)12(13,14)15;13-10-5-3-9(4-6-10)11(7-12(14)15)8-1-2-8;1-3-9(8-12(13)14)10-4-6-11(15-2)7-5-10;2*1-2-8(7-11(13)14)9-3-5-10(12)6-4-9/h2-9,11H,10H2,1H3,(H2,18,19);3-9H,10H2,1-2H3,(H2,16,17);3-6,8,11H,1-2,7H2,(H2,14,15);3-6,8H,2,7H2,1H3,(H2,16,17);3-6,8,11H,1-2,7H2,(H2,14,15);4-7,9H,3,8H2,1-2H3,(H2,13,14);2*3-6,8H,2,7H2,1H3,(H2,13,14). The van der Waals surface area contributed by atoms with Gasteiger partial charge in [0.15, 0.2) is 0 Å². The maximum Gasteiger partial charge on any atom is 0.416 e. The van der Waals surface area contributed by atoms with Gasteiger partial charge in [-0.15, -0.1) is 0 Å². The van der Waals surface area contributed by atoms with Crippen molar-refractivity contribution in [1.29, 1.82) is 0 Å². The predicted molar refractivity (Wildman–Crippen MR) is 494 cm³/mol. The summed E-state index contributed by atoms with van der Waals surface area (Å²) in [5.74, 6) is 1.72. The number of fused-ring (bicyclic) bond motifs is 1. The Balaban J connectivity index is 0.000000260. The Morgan fingerprint density at radius 2 is 0.648 bits per heavy atom. The van der Waals surface area contributed by atoms with Gasteiger partial charge in [0.25, 0.3) is 0 Å². The van der Waals surface area contributed by atoms with Crippen molar-refractivity contribution in [2.24, 2.45) is 57.7 Å². The first-order valence-corrected chi connectivity index (χ1v) is 43.2. The molecule has 2 fully saturated rings. The zero-order chi connectivity index (χ0) is 94.8. The maximum atomic E-state index is 12.8. The van der Waals surface area contributed by atoms with E-state index in [4.69, 9.17) is 83.3 Å². The zero-order valence-electron chi connectivity index (χ0n) is 73.7. The molecule has 0 aliphatic heterocycles. The summed E-state index contributed by atoms with van der Waals surface area (Å²) in [5.41, 5.74) is 47.3. The van der Waals surface area contributed by atoms with Crippen LogP contribution in [-0.2, 0) is 44.5 Å². The van der Waals surface area contributed by atoms with Crippen LogP contribution in [0.1, 0.15) is 237 Å². The van der Waals surface area contributed by atoms with Crippen LogP contribution in [-0.4, -0.2) is 60.0 Å². The van der Waals surface area contributed by atoms with Crippen LogP contribution < -0.4 is 60.1 Å². The number of amides is 8. The van der Waals surface area contributed by atoms with Crippen molar-refractivity contribution in [2.75, 3.05) is 7.11 Å². The van der Waals surface area contributed by atoms with Crippen molar-refractivity contribution in [1.82, 2.24) is 0 Å². The molecule has 0 bridgehead atoms. The van der Waals surface area contributed by atoms with Crippen LogP contribution in [0.3, 0.4) is 0 Å². The summed E-state index contributed by atoms with van der Waals surface area (Å²) < 4.78 is 91.6. The molecule has 2 saturated carbocycles. The molecule has 686 valence electrons. The number of carbonyl (C=O) groups excluding carboxylic acids is 8. The Morgan fingerprint density at radius 1 is 0.359 bits per heavy atom. The van der Waals surface area contributed by atoms with Crippen LogP contribution in [0.15, 0.2) is 237 Å². The number of ether oxygens (including phenoxy) is 3. The first-order valence-electron chi connectivity index (χ1n) is 42.4. The fourth-order valence-electron chi connectivity index (χ4n) is 14.1. The van der Waals surface area contributed by atoms with E-state index in [-0.39, 0.29) is 107 Å². The van der Waals surface area contributed by atoms with Crippen LogP contribution in [0.2, 0.25) is 10.0 Å². The van der Waals surface area contributed by atoms with E-state index in [9.17, 15) is 64.7 Å². The van der Waals surface area contributed by atoms with Crippen molar-refractivity contribution in [3.8, 4) is 23.0 Å². The van der Waals surface area contributed by atoms with E-state index in [0.717, 1.165) is 99.3 Å². The summed E-state index contributed by atoms with van der Waals surface area (Å²) >= 11 is 11.6. The van der Waals surface area contributed by atoms with Gasteiger partial charge in [-0.1, -0.05) is 173 Å². The van der Waals surface area contributed by atoms with Gasteiger partial charge >= 0.3 is 6.18 Å². The molecule has 19 nitrogen and oxygen atoms in total. The molecular weight excluding hydrogens is 1690 g/mol. The third kappa shape index (κ3) is 41.0. The molecule has 0 radical (unpaired) electrons. The zero-order valence-corrected chi connectivity index (χ0v) is 75.2. The molecule has 27 heteroatoms. The summed E-state index contributed by atoms with van der Waals surface area (Å²) in [7, 11) is 1.63. The van der Waals surface area contributed by atoms with Gasteiger partial charge in [-0.25, -0.2) is 13.2 Å². The molecule has 7 unspecified atom stereocenters. The van der Waals surface area contributed by atoms with Gasteiger partial charge < -0.3 is 60.1 Å². The first kappa shape index (κ1) is 106. The van der Waals surface area contributed by atoms with Crippen LogP contribution in [0.4, 0.5) is 26.3 Å². The summed E-state index contributed by atoms with van der Waals surface area (Å²) in [6, 6.07) is 67.7. The van der Waals surface area contributed by atoms with Crippen LogP contribution >= 0.6 is 23.2 Å². The fourth-order valence-corrected chi connectivity index (χ4v) is 14.4. The minimum absolute atomic E-state index is 0.0763. The average Bonchev–Trinajstić information content (AvgIpc) is 1.71. The lowest BCUT2D eigenvalue weighted by Crippen LogP contribution is -2.34.